The monoisotopic (exact) mass is 188 g/mol. The Bertz CT molecular complexity index is 268. The lowest BCUT2D eigenvalue weighted by atomic mass is 10.3. The minimum Gasteiger partial charge on any atom is -0.383 e. The molecule has 0 fully saturated rings. The molecule has 0 spiro atoms. The van der Waals surface area contributed by atoms with Gasteiger partial charge in [0, 0.05) is 11.8 Å². The average molecular weight is 188 g/mol. The predicted octanol–water partition coefficient (Wildman–Crippen LogP) is 1.45. The van der Waals surface area contributed by atoms with Crippen LogP contribution in [0.5, 0.6) is 0 Å². The number of nitrogens with zero attached hydrogens (tertiary/aromatic N) is 1. The third kappa shape index (κ3) is 3.33. The van der Waals surface area contributed by atoms with Gasteiger partial charge in [-0.15, -0.1) is 0 Å². The number of nitrogen functional groups attached to an aromatic ring is 1. The summed E-state index contributed by atoms with van der Waals surface area (Å²) in [6.07, 6.45) is -0.913. The minimum absolute atomic E-state index is 0.0734. The van der Waals surface area contributed by atoms with Crippen molar-refractivity contribution in [1.82, 2.24) is 4.98 Å². The van der Waals surface area contributed by atoms with Crippen LogP contribution in [-0.2, 0) is 11.3 Å². The number of hydrogen-bond acceptors (Lipinski definition) is 3. The lowest BCUT2D eigenvalue weighted by molar-refractivity contribution is 0.00999. The number of alkyl halides is 2. The minimum atomic E-state index is -2.45. The molecule has 13 heavy (non-hydrogen) atoms. The number of halogens is 2. The van der Waals surface area contributed by atoms with E-state index in [1.165, 1.54) is 6.20 Å². The molecule has 0 unspecified atom stereocenters. The van der Waals surface area contributed by atoms with Gasteiger partial charge in [-0.3, -0.25) is 0 Å². The Morgan fingerprint density at radius 2 is 2.31 bits per heavy atom. The van der Waals surface area contributed by atoms with Gasteiger partial charge < -0.3 is 10.5 Å². The summed E-state index contributed by atoms with van der Waals surface area (Å²) in [6.45, 7) is -0.502. The van der Waals surface area contributed by atoms with Crippen molar-refractivity contribution in [3.8, 4) is 0 Å². The Balaban J connectivity index is 2.41. The van der Waals surface area contributed by atoms with Crippen molar-refractivity contribution in [3.05, 3.63) is 23.9 Å². The van der Waals surface area contributed by atoms with Gasteiger partial charge in [-0.25, -0.2) is 13.8 Å². The van der Waals surface area contributed by atoms with E-state index < -0.39 is 13.0 Å². The van der Waals surface area contributed by atoms with Gasteiger partial charge in [0.25, 0.3) is 6.43 Å². The Kier molecular flexibility index (Phi) is 3.57. The Morgan fingerprint density at radius 3 is 2.92 bits per heavy atom. The molecular formula is C8H10F2N2O. The summed E-state index contributed by atoms with van der Waals surface area (Å²) in [5.41, 5.74) is 6.09. The number of rotatable bonds is 4. The smallest absolute Gasteiger partial charge is 0.261 e. The van der Waals surface area contributed by atoms with Crippen LogP contribution in [0, 0.1) is 0 Å². The van der Waals surface area contributed by atoms with Gasteiger partial charge in [0.05, 0.1) is 6.61 Å². The largest absolute Gasteiger partial charge is 0.383 e. The second-order valence-corrected chi connectivity index (χ2v) is 2.45. The van der Waals surface area contributed by atoms with Crippen LogP contribution < -0.4 is 5.73 Å². The van der Waals surface area contributed by atoms with Crippen molar-refractivity contribution in [2.75, 3.05) is 12.3 Å². The van der Waals surface area contributed by atoms with E-state index in [0.29, 0.717) is 11.4 Å². The molecule has 0 radical (unpaired) electrons. The standard InChI is InChI=1S/C8H10F2N2O/c9-7(10)5-13-4-6-2-1-3-12-8(6)11/h1-3,7H,4-5H2,(H2,11,12). The normalized spacial score (nSPS) is 10.7. The zero-order valence-corrected chi connectivity index (χ0v) is 6.91. The number of nitrogens with two attached hydrogens (primary N) is 1. The molecular weight excluding hydrogens is 178 g/mol. The number of ether oxygens (including phenoxy) is 1. The van der Waals surface area contributed by atoms with E-state index in [4.69, 9.17) is 10.5 Å². The van der Waals surface area contributed by atoms with Crippen molar-refractivity contribution < 1.29 is 13.5 Å². The number of pyridine rings is 1. The molecule has 0 aromatic carbocycles. The van der Waals surface area contributed by atoms with E-state index in [1.807, 2.05) is 0 Å². The third-order valence-electron chi connectivity index (χ3n) is 1.43. The highest BCUT2D eigenvalue weighted by molar-refractivity contribution is 5.37. The molecule has 1 rings (SSSR count). The van der Waals surface area contributed by atoms with Crippen LogP contribution in [0.2, 0.25) is 0 Å². The average Bonchev–Trinajstić information content (AvgIpc) is 2.08. The molecule has 0 aliphatic carbocycles. The third-order valence-corrected chi connectivity index (χ3v) is 1.43. The lowest BCUT2D eigenvalue weighted by Gasteiger charge is -2.04. The molecule has 0 bridgehead atoms. The summed E-state index contributed by atoms with van der Waals surface area (Å²) >= 11 is 0. The second kappa shape index (κ2) is 4.71. The first-order valence-corrected chi connectivity index (χ1v) is 3.75. The Hall–Kier alpha value is -1.23. The molecule has 1 aromatic heterocycles. The Labute approximate surface area is 74.5 Å². The van der Waals surface area contributed by atoms with Crippen LogP contribution in [0.3, 0.4) is 0 Å². The van der Waals surface area contributed by atoms with E-state index in [2.05, 4.69) is 4.98 Å². The number of anilines is 1. The SMILES string of the molecule is Nc1ncccc1COCC(F)F. The van der Waals surface area contributed by atoms with Crippen molar-refractivity contribution >= 4 is 5.82 Å². The molecule has 72 valence electrons. The molecule has 0 amide bonds. The van der Waals surface area contributed by atoms with Gasteiger partial charge in [0.1, 0.15) is 12.4 Å². The molecule has 1 aromatic rings. The van der Waals surface area contributed by atoms with Crippen molar-refractivity contribution in [2.24, 2.45) is 0 Å². The van der Waals surface area contributed by atoms with E-state index >= 15 is 0 Å². The van der Waals surface area contributed by atoms with E-state index in [-0.39, 0.29) is 6.61 Å². The van der Waals surface area contributed by atoms with Crippen molar-refractivity contribution in [1.29, 1.82) is 0 Å². The van der Waals surface area contributed by atoms with Crippen molar-refractivity contribution in [2.45, 2.75) is 13.0 Å². The molecule has 0 aliphatic rings. The van der Waals surface area contributed by atoms with Crippen LogP contribution in [0.4, 0.5) is 14.6 Å². The fourth-order valence-corrected chi connectivity index (χ4v) is 0.831. The van der Waals surface area contributed by atoms with Crippen LogP contribution in [0.25, 0.3) is 0 Å². The first-order valence-electron chi connectivity index (χ1n) is 3.75. The molecule has 0 aliphatic heterocycles. The van der Waals surface area contributed by atoms with Gasteiger partial charge >= 0.3 is 0 Å². The second-order valence-electron chi connectivity index (χ2n) is 2.45. The summed E-state index contributed by atoms with van der Waals surface area (Å²) < 4.78 is 28.0. The lowest BCUT2D eigenvalue weighted by Crippen LogP contribution is -2.06. The zero-order chi connectivity index (χ0) is 9.68. The van der Waals surface area contributed by atoms with Crippen molar-refractivity contribution in [3.63, 3.8) is 0 Å². The molecule has 2 N–H and O–H groups in total. The van der Waals surface area contributed by atoms with Gasteiger partial charge in [0.2, 0.25) is 0 Å². The van der Waals surface area contributed by atoms with Gasteiger partial charge in [-0.05, 0) is 6.07 Å². The maximum atomic E-state index is 11.7. The fourth-order valence-electron chi connectivity index (χ4n) is 0.831. The molecule has 0 saturated carbocycles. The highest BCUT2D eigenvalue weighted by atomic mass is 19.3. The number of aromatic nitrogens is 1. The number of hydrogen-bond donors (Lipinski definition) is 1. The summed E-state index contributed by atoms with van der Waals surface area (Å²) in [7, 11) is 0. The van der Waals surface area contributed by atoms with E-state index in [0.717, 1.165) is 0 Å². The summed E-state index contributed by atoms with van der Waals surface area (Å²) in [6, 6.07) is 3.37. The van der Waals surface area contributed by atoms with Gasteiger partial charge in [-0.1, -0.05) is 6.07 Å². The predicted molar refractivity (Wildman–Crippen MR) is 44.3 cm³/mol. The first-order chi connectivity index (χ1) is 6.20. The van der Waals surface area contributed by atoms with Crippen LogP contribution in [0.1, 0.15) is 5.56 Å². The molecule has 0 atom stereocenters. The molecule has 1 heterocycles. The maximum absolute atomic E-state index is 11.7. The summed E-state index contributed by atoms with van der Waals surface area (Å²) in [4.78, 5) is 3.79. The van der Waals surface area contributed by atoms with E-state index in [1.54, 1.807) is 12.1 Å². The quantitative estimate of drug-likeness (QED) is 0.777. The van der Waals surface area contributed by atoms with Crippen LogP contribution >= 0.6 is 0 Å². The first kappa shape index (κ1) is 9.85. The highest BCUT2D eigenvalue weighted by Crippen LogP contribution is 2.08. The summed E-state index contributed by atoms with van der Waals surface area (Å²) in [5.74, 6) is 0.316. The van der Waals surface area contributed by atoms with E-state index in [9.17, 15) is 8.78 Å². The maximum Gasteiger partial charge on any atom is 0.261 e. The fraction of sp³-hybridized carbons (Fsp3) is 0.375. The van der Waals surface area contributed by atoms with Gasteiger partial charge in [0.15, 0.2) is 0 Å². The molecule has 0 saturated heterocycles. The topological polar surface area (TPSA) is 48.1 Å². The summed E-state index contributed by atoms with van der Waals surface area (Å²) in [5, 5.41) is 0. The van der Waals surface area contributed by atoms with Crippen LogP contribution in [-0.4, -0.2) is 18.0 Å². The molecule has 3 nitrogen and oxygen atoms in total. The zero-order valence-electron chi connectivity index (χ0n) is 6.91. The Morgan fingerprint density at radius 1 is 1.54 bits per heavy atom. The highest BCUT2D eigenvalue weighted by Gasteiger charge is 2.03. The van der Waals surface area contributed by atoms with Gasteiger partial charge in [-0.2, -0.15) is 0 Å². The molecule has 5 heteroatoms. The van der Waals surface area contributed by atoms with Crippen LogP contribution in [0.15, 0.2) is 18.3 Å².